The molecule has 1 N–H and O–H groups in total. The maximum atomic E-state index is 10.9. The SMILES string of the molecule is CC.CC12CC(=O)NC(CO1)C2. The monoisotopic (exact) mass is 171 g/mol. The maximum Gasteiger partial charge on any atom is 0.223 e. The van der Waals surface area contributed by atoms with E-state index in [1.54, 1.807) is 0 Å². The summed E-state index contributed by atoms with van der Waals surface area (Å²) in [5.41, 5.74) is -0.146. The number of ether oxygens (including phenoxy) is 1. The molecule has 0 saturated carbocycles. The Hall–Kier alpha value is -0.570. The highest BCUT2D eigenvalue weighted by Gasteiger charge is 2.42. The molecule has 0 aliphatic carbocycles. The van der Waals surface area contributed by atoms with Gasteiger partial charge in [0.2, 0.25) is 5.91 Å². The molecule has 2 atom stereocenters. The van der Waals surface area contributed by atoms with Gasteiger partial charge < -0.3 is 10.1 Å². The molecule has 70 valence electrons. The second kappa shape index (κ2) is 3.44. The summed E-state index contributed by atoms with van der Waals surface area (Å²) in [4.78, 5) is 10.9. The molecule has 0 radical (unpaired) electrons. The minimum absolute atomic E-state index is 0.135. The molecular weight excluding hydrogens is 154 g/mol. The summed E-state index contributed by atoms with van der Waals surface area (Å²) < 4.78 is 5.45. The van der Waals surface area contributed by atoms with Gasteiger partial charge in [0.1, 0.15) is 0 Å². The van der Waals surface area contributed by atoms with Gasteiger partial charge in [-0.1, -0.05) is 13.8 Å². The van der Waals surface area contributed by atoms with Crippen LogP contribution >= 0.6 is 0 Å². The van der Waals surface area contributed by atoms with E-state index in [2.05, 4.69) is 5.32 Å². The molecule has 2 bridgehead atoms. The Bertz CT molecular complexity index is 181. The van der Waals surface area contributed by atoms with Gasteiger partial charge in [-0.15, -0.1) is 0 Å². The van der Waals surface area contributed by atoms with Crippen molar-refractivity contribution in [3.63, 3.8) is 0 Å². The molecule has 0 aromatic rings. The summed E-state index contributed by atoms with van der Waals surface area (Å²) in [6.45, 7) is 6.70. The van der Waals surface area contributed by atoms with E-state index in [0.29, 0.717) is 13.0 Å². The van der Waals surface area contributed by atoms with Crippen molar-refractivity contribution < 1.29 is 9.53 Å². The Balaban J connectivity index is 0.000000336. The van der Waals surface area contributed by atoms with Crippen molar-refractivity contribution in [2.75, 3.05) is 6.61 Å². The van der Waals surface area contributed by atoms with Gasteiger partial charge in [-0.25, -0.2) is 0 Å². The first-order valence-electron chi connectivity index (χ1n) is 4.61. The fraction of sp³-hybridized carbons (Fsp3) is 0.889. The van der Waals surface area contributed by atoms with Gasteiger partial charge in [-0.3, -0.25) is 4.79 Å². The minimum Gasteiger partial charge on any atom is -0.373 e. The molecule has 0 aromatic heterocycles. The van der Waals surface area contributed by atoms with E-state index < -0.39 is 0 Å². The predicted octanol–water partition coefficient (Wildman–Crippen LogP) is 1.08. The fourth-order valence-corrected chi connectivity index (χ4v) is 1.78. The van der Waals surface area contributed by atoms with Crippen LogP contribution in [0.2, 0.25) is 0 Å². The van der Waals surface area contributed by atoms with E-state index in [-0.39, 0.29) is 17.6 Å². The number of fused-ring (bicyclic) bond motifs is 2. The molecule has 2 unspecified atom stereocenters. The minimum atomic E-state index is -0.146. The van der Waals surface area contributed by atoms with Crippen molar-refractivity contribution in [2.45, 2.75) is 45.3 Å². The summed E-state index contributed by atoms with van der Waals surface area (Å²) in [5.74, 6) is 0.135. The van der Waals surface area contributed by atoms with Crippen LogP contribution in [0.15, 0.2) is 0 Å². The lowest BCUT2D eigenvalue weighted by Crippen LogP contribution is -2.44. The first-order chi connectivity index (χ1) is 5.68. The van der Waals surface area contributed by atoms with E-state index in [1.165, 1.54) is 0 Å². The molecule has 3 nitrogen and oxygen atoms in total. The summed E-state index contributed by atoms with van der Waals surface area (Å²) in [6.07, 6.45) is 1.52. The quantitative estimate of drug-likeness (QED) is 0.592. The summed E-state index contributed by atoms with van der Waals surface area (Å²) in [6, 6.07) is 0.284. The largest absolute Gasteiger partial charge is 0.373 e. The van der Waals surface area contributed by atoms with Crippen LogP contribution in [-0.2, 0) is 9.53 Å². The van der Waals surface area contributed by atoms with Crippen LogP contribution in [0.4, 0.5) is 0 Å². The number of hydrogen-bond acceptors (Lipinski definition) is 2. The number of piperidine rings is 1. The van der Waals surface area contributed by atoms with Crippen molar-refractivity contribution in [1.82, 2.24) is 5.32 Å². The molecule has 2 fully saturated rings. The Morgan fingerprint density at radius 2 is 2.25 bits per heavy atom. The predicted molar refractivity (Wildman–Crippen MR) is 46.9 cm³/mol. The highest BCUT2D eigenvalue weighted by Crippen LogP contribution is 2.31. The van der Waals surface area contributed by atoms with Gasteiger partial charge in [0.05, 0.1) is 24.7 Å². The average Bonchev–Trinajstić information content (AvgIpc) is 2.29. The molecular formula is C9H17NO2. The number of rotatable bonds is 0. The Morgan fingerprint density at radius 1 is 1.58 bits per heavy atom. The fourth-order valence-electron chi connectivity index (χ4n) is 1.78. The molecule has 3 heteroatoms. The summed E-state index contributed by atoms with van der Waals surface area (Å²) in [7, 11) is 0. The lowest BCUT2D eigenvalue weighted by Gasteiger charge is -2.26. The molecule has 2 aliphatic rings. The van der Waals surface area contributed by atoms with Crippen molar-refractivity contribution in [3.05, 3.63) is 0 Å². The molecule has 2 saturated heterocycles. The molecule has 1 amide bonds. The average molecular weight is 171 g/mol. The van der Waals surface area contributed by atoms with Crippen molar-refractivity contribution in [3.8, 4) is 0 Å². The van der Waals surface area contributed by atoms with Crippen molar-refractivity contribution in [2.24, 2.45) is 0 Å². The third kappa shape index (κ3) is 1.78. The van der Waals surface area contributed by atoms with Gasteiger partial charge in [0, 0.05) is 0 Å². The van der Waals surface area contributed by atoms with Gasteiger partial charge in [0.25, 0.3) is 0 Å². The van der Waals surface area contributed by atoms with Gasteiger partial charge in [0.15, 0.2) is 0 Å². The lowest BCUT2D eigenvalue weighted by atomic mass is 9.92. The number of amides is 1. The first kappa shape index (κ1) is 9.52. The van der Waals surface area contributed by atoms with E-state index in [4.69, 9.17) is 4.74 Å². The number of carbonyl (C=O) groups excluding carboxylic acids is 1. The van der Waals surface area contributed by atoms with E-state index in [9.17, 15) is 4.79 Å². The van der Waals surface area contributed by atoms with Crippen LogP contribution in [0.3, 0.4) is 0 Å². The van der Waals surface area contributed by atoms with Crippen LogP contribution in [0.5, 0.6) is 0 Å². The Kier molecular flexibility index (Phi) is 2.73. The smallest absolute Gasteiger partial charge is 0.223 e. The van der Waals surface area contributed by atoms with Crippen LogP contribution in [0.1, 0.15) is 33.6 Å². The molecule has 2 heterocycles. The van der Waals surface area contributed by atoms with Crippen LogP contribution in [0.25, 0.3) is 0 Å². The zero-order valence-electron chi connectivity index (χ0n) is 8.02. The van der Waals surface area contributed by atoms with Crippen molar-refractivity contribution >= 4 is 5.91 Å². The van der Waals surface area contributed by atoms with E-state index >= 15 is 0 Å². The van der Waals surface area contributed by atoms with E-state index in [0.717, 1.165) is 6.42 Å². The van der Waals surface area contributed by atoms with Gasteiger partial charge >= 0.3 is 0 Å². The highest BCUT2D eigenvalue weighted by molar-refractivity contribution is 5.78. The van der Waals surface area contributed by atoms with Gasteiger partial charge in [-0.2, -0.15) is 0 Å². The topological polar surface area (TPSA) is 38.3 Å². The molecule has 0 spiro atoms. The lowest BCUT2D eigenvalue weighted by molar-refractivity contribution is -0.126. The van der Waals surface area contributed by atoms with Crippen LogP contribution in [-0.4, -0.2) is 24.2 Å². The van der Waals surface area contributed by atoms with Crippen LogP contribution < -0.4 is 5.32 Å². The summed E-state index contributed by atoms with van der Waals surface area (Å²) >= 11 is 0. The van der Waals surface area contributed by atoms with Gasteiger partial charge in [-0.05, 0) is 13.3 Å². The Labute approximate surface area is 73.5 Å². The molecule has 2 rings (SSSR count). The van der Waals surface area contributed by atoms with Crippen molar-refractivity contribution in [1.29, 1.82) is 0 Å². The second-order valence-corrected chi connectivity index (χ2v) is 3.41. The van der Waals surface area contributed by atoms with Crippen LogP contribution in [0, 0.1) is 0 Å². The number of hydrogen-bond donors (Lipinski definition) is 1. The first-order valence-corrected chi connectivity index (χ1v) is 4.61. The molecule has 0 aromatic carbocycles. The maximum absolute atomic E-state index is 10.9. The highest BCUT2D eigenvalue weighted by atomic mass is 16.5. The molecule has 2 aliphatic heterocycles. The third-order valence-corrected chi connectivity index (χ3v) is 2.21. The number of carbonyl (C=O) groups is 1. The second-order valence-electron chi connectivity index (χ2n) is 3.41. The zero-order chi connectivity index (χ0) is 9.19. The normalized spacial score (nSPS) is 38.2. The summed E-state index contributed by atoms with van der Waals surface area (Å²) in [5, 5.41) is 2.87. The molecule has 12 heavy (non-hydrogen) atoms. The number of nitrogens with one attached hydrogen (secondary N) is 1. The Morgan fingerprint density at radius 3 is 2.83 bits per heavy atom. The standard InChI is InChI=1S/C7H11NO2.C2H6/c1-7-2-5(4-10-7)8-6(9)3-7;1-2/h5H,2-4H2,1H3,(H,8,9);1-2H3. The zero-order valence-corrected chi connectivity index (χ0v) is 8.02. The van der Waals surface area contributed by atoms with E-state index in [1.807, 2.05) is 20.8 Å². The third-order valence-electron chi connectivity index (χ3n) is 2.21.